The Kier molecular flexibility index (Phi) is 3.03. The molecule has 100 valence electrons. The van der Waals surface area contributed by atoms with E-state index < -0.39 is 0 Å². The van der Waals surface area contributed by atoms with Gasteiger partial charge >= 0.3 is 0 Å². The Balaban J connectivity index is 2.14. The number of aromatic nitrogens is 2. The molecule has 0 aliphatic carbocycles. The normalized spacial score (nSPS) is 14.3. The summed E-state index contributed by atoms with van der Waals surface area (Å²) in [6.07, 6.45) is 1.03. The van der Waals surface area contributed by atoms with Gasteiger partial charge in [0.2, 0.25) is 0 Å². The molecule has 0 amide bonds. The van der Waals surface area contributed by atoms with Crippen molar-refractivity contribution in [3.8, 4) is 11.4 Å². The summed E-state index contributed by atoms with van der Waals surface area (Å²) in [6, 6.07) is 6.20. The monoisotopic (exact) mass is 257 g/mol. The molecule has 0 bridgehead atoms. The summed E-state index contributed by atoms with van der Waals surface area (Å²) in [7, 11) is 1.70. The van der Waals surface area contributed by atoms with Gasteiger partial charge in [-0.3, -0.25) is 0 Å². The van der Waals surface area contributed by atoms with Gasteiger partial charge in [-0.15, -0.1) is 0 Å². The van der Waals surface area contributed by atoms with E-state index in [4.69, 9.17) is 4.74 Å². The minimum atomic E-state index is 0.873. The van der Waals surface area contributed by atoms with E-state index in [9.17, 15) is 0 Å². The van der Waals surface area contributed by atoms with Gasteiger partial charge in [0.1, 0.15) is 11.6 Å². The van der Waals surface area contributed by atoms with E-state index >= 15 is 0 Å². The predicted octanol–water partition coefficient (Wildman–Crippen LogP) is 2.14. The van der Waals surface area contributed by atoms with Gasteiger partial charge in [-0.05, 0) is 37.6 Å². The maximum Gasteiger partial charge on any atom is 0.119 e. The van der Waals surface area contributed by atoms with Crippen molar-refractivity contribution in [3.63, 3.8) is 0 Å². The highest BCUT2D eigenvalue weighted by atomic mass is 16.5. The van der Waals surface area contributed by atoms with Crippen LogP contribution < -0.4 is 10.1 Å². The number of nitrogens with one attached hydrogen (secondary N) is 1. The maximum absolute atomic E-state index is 5.28. The quantitative estimate of drug-likeness (QED) is 0.896. The standard InChI is InChI=1S/C15H19N3O/c1-10-8-12(19-3)4-5-14(10)18-11(2)17-13-9-16-7-6-15(13)18/h4-5,8,16H,6-7,9H2,1-3H3. The van der Waals surface area contributed by atoms with E-state index in [-0.39, 0.29) is 0 Å². The van der Waals surface area contributed by atoms with Crippen LogP contribution >= 0.6 is 0 Å². The summed E-state index contributed by atoms with van der Waals surface area (Å²) in [5.41, 5.74) is 4.93. The van der Waals surface area contributed by atoms with E-state index in [0.717, 1.165) is 31.1 Å². The van der Waals surface area contributed by atoms with Crippen LogP contribution in [0.25, 0.3) is 5.69 Å². The second-order valence-corrected chi connectivity index (χ2v) is 4.97. The van der Waals surface area contributed by atoms with Crippen LogP contribution in [0.3, 0.4) is 0 Å². The fourth-order valence-corrected chi connectivity index (χ4v) is 2.77. The lowest BCUT2D eigenvalue weighted by atomic mass is 10.1. The Bertz CT molecular complexity index is 616. The van der Waals surface area contributed by atoms with Crippen molar-refractivity contribution in [1.82, 2.24) is 14.9 Å². The van der Waals surface area contributed by atoms with Crippen molar-refractivity contribution in [2.75, 3.05) is 13.7 Å². The molecule has 0 fully saturated rings. The molecule has 1 aromatic heterocycles. The van der Waals surface area contributed by atoms with Gasteiger partial charge in [0.25, 0.3) is 0 Å². The molecule has 1 aliphatic heterocycles. The molecule has 1 aliphatic rings. The Labute approximate surface area is 113 Å². The lowest BCUT2D eigenvalue weighted by Gasteiger charge is -2.17. The number of aryl methyl sites for hydroxylation is 2. The Morgan fingerprint density at radius 1 is 1.32 bits per heavy atom. The van der Waals surface area contributed by atoms with E-state index in [1.54, 1.807) is 7.11 Å². The van der Waals surface area contributed by atoms with E-state index in [2.05, 4.69) is 40.8 Å². The largest absolute Gasteiger partial charge is 0.497 e. The molecule has 3 rings (SSSR count). The highest BCUT2D eigenvalue weighted by Gasteiger charge is 2.19. The third kappa shape index (κ3) is 2.02. The first-order valence-corrected chi connectivity index (χ1v) is 6.63. The van der Waals surface area contributed by atoms with E-state index in [1.165, 1.54) is 22.6 Å². The number of ether oxygens (including phenoxy) is 1. The van der Waals surface area contributed by atoms with Crippen LogP contribution in [0.4, 0.5) is 0 Å². The number of methoxy groups -OCH3 is 1. The third-order valence-corrected chi connectivity index (χ3v) is 3.70. The second-order valence-electron chi connectivity index (χ2n) is 4.97. The zero-order chi connectivity index (χ0) is 13.4. The molecule has 0 unspecified atom stereocenters. The smallest absolute Gasteiger partial charge is 0.119 e. The van der Waals surface area contributed by atoms with Crippen molar-refractivity contribution >= 4 is 0 Å². The highest BCUT2D eigenvalue weighted by Crippen LogP contribution is 2.26. The Morgan fingerprint density at radius 3 is 2.89 bits per heavy atom. The topological polar surface area (TPSA) is 39.1 Å². The summed E-state index contributed by atoms with van der Waals surface area (Å²) >= 11 is 0. The zero-order valence-electron chi connectivity index (χ0n) is 11.7. The molecule has 0 saturated heterocycles. The minimum Gasteiger partial charge on any atom is -0.497 e. The van der Waals surface area contributed by atoms with Crippen LogP contribution in [0.2, 0.25) is 0 Å². The van der Waals surface area contributed by atoms with Crippen LogP contribution in [-0.2, 0) is 13.0 Å². The molecule has 1 N–H and O–H groups in total. The van der Waals surface area contributed by atoms with Crippen molar-refractivity contribution in [2.24, 2.45) is 0 Å². The first-order chi connectivity index (χ1) is 9.20. The summed E-state index contributed by atoms with van der Waals surface area (Å²) < 4.78 is 7.56. The lowest BCUT2D eigenvalue weighted by molar-refractivity contribution is 0.414. The number of fused-ring (bicyclic) bond motifs is 1. The second kappa shape index (κ2) is 4.70. The minimum absolute atomic E-state index is 0.873. The summed E-state index contributed by atoms with van der Waals surface area (Å²) in [4.78, 5) is 4.68. The number of benzene rings is 1. The molecule has 4 heteroatoms. The molecular formula is C15H19N3O. The molecule has 0 saturated carbocycles. The molecule has 1 aromatic carbocycles. The SMILES string of the molecule is COc1ccc(-n2c(C)nc3c2CCNC3)c(C)c1. The van der Waals surface area contributed by atoms with Crippen molar-refractivity contribution < 1.29 is 4.74 Å². The highest BCUT2D eigenvalue weighted by molar-refractivity contribution is 5.48. The molecule has 19 heavy (non-hydrogen) atoms. The van der Waals surface area contributed by atoms with Crippen LogP contribution in [0.5, 0.6) is 5.75 Å². The van der Waals surface area contributed by atoms with Crippen molar-refractivity contribution in [3.05, 3.63) is 41.0 Å². The molecule has 2 aromatic rings. The van der Waals surface area contributed by atoms with Crippen molar-refractivity contribution in [1.29, 1.82) is 0 Å². The number of rotatable bonds is 2. The van der Waals surface area contributed by atoms with Crippen LogP contribution in [-0.4, -0.2) is 23.2 Å². The molecule has 0 spiro atoms. The third-order valence-electron chi connectivity index (χ3n) is 3.70. The van der Waals surface area contributed by atoms with Gasteiger partial charge in [-0.2, -0.15) is 0 Å². The van der Waals surface area contributed by atoms with Gasteiger partial charge < -0.3 is 14.6 Å². The summed E-state index contributed by atoms with van der Waals surface area (Å²) in [5.74, 6) is 1.96. The number of imidazole rings is 1. The van der Waals surface area contributed by atoms with Crippen LogP contribution in [0.1, 0.15) is 22.8 Å². The molecule has 4 nitrogen and oxygen atoms in total. The predicted molar refractivity (Wildman–Crippen MR) is 75.0 cm³/mol. The maximum atomic E-state index is 5.28. The number of hydrogen-bond acceptors (Lipinski definition) is 3. The van der Waals surface area contributed by atoms with Crippen LogP contribution in [0.15, 0.2) is 18.2 Å². The first kappa shape index (κ1) is 12.2. The van der Waals surface area contributed by atoms with Gasteiger partial charge in [0.15, 0.2) is 0 Å². The number of hydrogen-bond donors (Lipinski definition) is 1. The summed E-state index contributed by atoms with van der Waals surface area (Å²) in [5, 5.41) is 3.37. The lowest BCUT2D eigenvalue weighted by Crippen LogP contribution is -2.24. The molecule has 0 radical (unpaired) electrons. The average molecular weight is 257 g/mol. The van der Waals surface area contributed by atoms with Gasteiger partial charge in [0, 0.05) is 25.2 Å². The van der Waals surface area contributed by atoms with E-state index in [0.29, 0.717) is 0 Å². The van der Waals surface area contributed by atoms with Gasteiger partial charge in [-0.25, -0.2) is 4.98 Å². The van der Waals surface area contributed by atoms with Crippen LogP contribution in [0, 0.1) is 13.8 Å². The molecule has 2 heterocycles. The molecular weight excluding hydrogens is 238 g/mol. The zero-order valence-corrected chi connectivity index (χ0v) is 11.7. The molecule has 0 atom stereocenters. The number of nitrogens with zero attached hydrogens (tertiary/aromatic N) is 2. The van der Waals surface area contributed by atoms with E-state index in [1.807, 2.05) is 6.07 Å². The fourth-order valence-electron chi connectivity index (χ4n) is 2.77. The van der Waals surface area contributed by atoms with Crippen molar-refractivity contribution in [2.45, 2.75) is 26.8 Å². The average Bonchev–Trinajstić information content (AvgIpc) is 2.75. The van der Waals surface area contributed by atoms with Gasteiger partial charge in [-0.1, -0.05) is 0 Å². The Morgan fingerprint density at radius 2 is 2.16 bits per heavy atom. The van der Waals surface area contributed by atoms with Gasteiger partial charge in [0.05, 0.1) is 18.5 Å². The summed E-state index contributed by atoms with van der Waals surface area (Å²) in [6.45, 7) is 6.08. The fraction of sp³-hybridized carbons (Fsp3) is 0.400. The first-order valence-electron chi connectivity index (χ1n) is 6.63. The Hall–Kier alpha value is -1.81.